The fourth-order valence-corrected chi connectivity index (χ4v) is 2.17. The third kappa shape index (κ3) is 4.37. The van der Waals surface area contributed by atoms with Gasteiger partial charge in [-0.2, -0.15) is 5.10 Å². The summed E-state index contributed by atoms with van der Waals surface area (Å²) in [6.45, 7) is 9.54. The van der Waals surface area contributed by atoms with E-state index in [0.29, 0.717) is 12.0 Å². The number of nitrogens with two attached hydrogens (primary N) is 1. The molecule has 1 saturated heterocycles. The van der Waals surface area contributed by atoms with Crippen LogP contribution in [0.5, 0.6) is 0 Å². The fourth-order valence-electron chi connectivity index (χ4n) is 2.17. The van der Waals surface area contributed by atoms with Crippen molar-refractivity contribution in [2.75, 3.05) is 13.1 Å². The second-order valence-corrected chi connectivity index (χ2v) is 5.53. The highest BCUT2D eigenvalue weighted by molar-refractivity contribution is 5.87. The molecule has 1 rings (SSSR count). The summed E-state index contributed by atoms with van der Waals surface area (Å²) >= 11 is 0. The quantitative estimate of drug-likeness (QED) is 0.324. The van der Waals surface area contributed by atoms with E-state index in [0.717, 1.165) is 25.2 Å². The van der Waals surface area contributed by atoms with Gasteiger partial charge in [-0.1, -0.05) is 12.8 Å². The van der Waals surface area contributed by atoms with E-state index in [2.05, 4.69) is 30.8 Å². The average molecular weight is 238 g/mol. The van der Waals surface area contributed by atoms with Crippen LogP contribution in [0.1, 0.15) is 34.1 Å². The van der Waals surface area contributed by atoms with Gasteiger partial charge in [-0.15, -0.1) is 0 Å². The van der Waals surface area contributed by atoms with Gasteiger partial charge in [0.2, 0.25) is 0 Å². The van der Waals surface area contributed by atoms with Crippen LogP contribution in [0.4, 0.5) is 0 Å². The number of rotatable bonds is 1. The Morgan fingerprint density at radius 1 is 1.53 bits per heavy atom. The van der Waals surface area contributed by atoms with E-state index < -0.39 is 5.60 Å². The highest BCUT2D eigenvalue weighted by Crippen LogP contribution is 2.07. The molecule has 0 bridgehead atoms. The first kappa shape index (κ1) is 14.0. The SMILES string of the molecule is C[C@@H]1C[NH+](CC#CC(C)(C)O)[C@@H](C)CC1=NN. The first-order valence-corrected chi connectivity index (χ1v) is 6.17. The number of piperidine rings is 1. The van der Waals surface area contributed by atoms with Crippen molar-refractivity contribution in [1.82, 2.24) is 0 Å². The lowest BCUT2D eigenvalue weighted by atomic mass is 9.93. The van der Waals surface area contributed by atoms with Crippen molar-refractivity contribution in [2.45, 2.75) is 45.8 Å². The molecule has 96 valence electrons. The van der Waals surface area contributed by atoms with Crippen LogP contribution in [-0.4, -0.2) is 35.6 Å². The number of nitrogens with zero attached hydrogens (tertiary/aromatic N) is 1. The molecule has 1 aliphatic heterocycles. The Bertz CT molecular complexity index is 346. The minimum atomic E-state index is -0.895. The molecule has 4 nitrogen and oxygen atoms in total. The topological polar surface area (TPSA) is 63.0 Å². The monoisotopic (exact) mass is 238 g/mol. The van der Waals surface area contributed by atoms with Crippen LogP contribution < -0.4 is 10.7 Å². The van der Waals surface area contributed by atoms with Crippen molar-refractivity contribution >= 4 is 5.71 Å². The van der Waals surface area contributed by atoms with E-state index in [9.17, 15) is 5.11 Å². The smallest absolute Gasteiger partial charge is 0.139 e. The number of hydrogen-bond donors (Lipinski definition) is 3. The largest absolute Gasteiger partial charge is 0.378 e. The van der Waals surface area contributed by atoms with Crippen LogP contribution in [-0.2, 0) is 0 Å². The second kappa shape index (κ2) is 5.52. The van der Waals surface area contributed by atoms with Crippen LogP contribution in [0.3, 0.4) is 0 Å². The maximum atomic E-state index is 9.53. The van der Waals surface area contributed by atoms with Crippen molar-refractivity contribution in [3.05, 3.63) is 0 Å². The van der Waals surface area contributed by atoms with E-state index in [1.54, 1.807) is 13.8 Å². The Kier molecular flexibility index (Phi) is 4.55. The Morgan fingerprint density at radius 3 is 2.71 bits per heavy atom. The molecule has 0 radical (unpaired) electrons. The summed E-state index contributed by atoms with van der Waals surface area (Å²) in [6.07, 6.45) is 0.942. The molecule has 1 unspecified atom stereocenters. The standard InChI is InChI=1S/C13H23N3O/c1-10-9-16(7-5-6-13(3,4)17)11(2)8-12(10)15-14/h10-11,17H,7-9,14H2,1-4H3/p+1/t10-,11+/m1/s1. The zero-order valence-corrected chi connectivity index (χ0v) is 11.2. The van der Waals surface area contributed by atoms with Crippen LogP contribution in [0.2, 0.25) is 0 Å². The highest BCUT2D eigenvalue weighted by Gasteiger charge is 2.30. The molecule has 1 aliphatic rings. The third-order valence-corrected chi connectivity index (χ3v) is 3.23. The van der Waals surface area contributed by atoms with Crippen molar-refractivity contribution in [3.63, 3.8) is 0 Å². The number of aliphatic hydroxyl groups is 1. The molecular weight excluding hydrogens is 214 g/mol. The predicted molar refractivity (Wildman–Crippen MR) is 69.6 cm³/mol. The summed E-state index contributed by atoms with van der Waals surface area (Å²) < 4.78 is 0. The molecule has 0 aromatic heterocycles. The molecule has 0 aliphatic carbocycles. The number of nitrogens with one attached hydrogen (secondary N) is 1. The maximum absolute atomic E-state index is 9.53. The minimum Gasteiger partial charge on any atom is -0.378 e. The number of quaternary nitrogens is 1. The van der Waals surface area contributed by atoms with Crippen molar-refractivity contribution in [2.24, 2.45) is 16.9 Å². The van der Waals surface area contributed by atoms with E-state index in [4.69, 9.17) is 5.84 Å². The van der Waals surface area contributed by atoms with Gasteiger partial charge in [-0.3, -0.25) is 0 Å². The lowest BCUT2D eigenvalue weighted by Gasteiger charge is -2.33. The number of likely N-dealkylation sites (tertiary alicyclic amines) is 1. The zero-order valence-electron chi connectivity index (χ0n) is 11.2. The van der Waals surface area contributed by atoms with Crippen molar-refractivity contribution in [3.8, 4) is 11.8 Å². The summed E-state index contributed by atoms with van der Waals surface area (Å²) in [7, 11) is 0. The molecule has 0 aromatic carbocycles. The normalized spacial score (nSPS) is 32.1. The van der Waals surface area contributed by atoms with Gasteiger partial charge < -0.3 is 15.8 Å². The molecule has 1 heterocycles. The average Bonchev–Trinajstić information content (AvgIpc) is 2.20. The van der Waals surface area contributed by atoms with Crippen LogP contribution in [0.25, 0.3) is 0 Å². The summed E-state index contributed by atoms with van der Waals surface area (Å²) in [4.78, 5) is 1.45. The van der Waals surface area contributed by atoms with Gasteiger partial charge in [0.25, 0.3) is 0 Å². The second-order valence-electron chi connectivity index (χ2n) is 5.53. The zero-order chi connectivity index (χ0) is 13.1. The summed E-state index contributed by atoms with van der Waals surface area (Å²) in [5.41, 5.74) is 0.213. The molecule has 0 spiro atoms. The van der Waals surface area contributed by atoms with Crippen LogP contribution >= 0.6 is 0 Å². The van der Waals surface area contributed by atoms with Crippen molar-refractivity contribution in [1.29, 1.82) is 0 Å². The molecule has 3 atom stereocenters. The maximum Gasteiger partial charge on any atom is 0.139 e. The van der Waals surface area contributed by atoms with E-state index in [-0.39, 0.29) is 0 Å². The number of hydrogen-bond acceptors (Lipinski definition) is 3. The van der Waals surface area contributed by atoms with Gasteiger partial charge in [0.1, 0.15) is 12.1 Å². The van der Waals surface area contributed by atoms with Gasteiger partial charge in [-0.25, -0.2) is 0 Å². The molecule has 17 heavy (non-hydrogen) atoms. The lowest BCUT2D eigenvalue weighted by Crippen LogP contribution is -3.17. The minimum absolute atomic E-state index is 0.426. The first-order valence-electron chi connectivity index (χ1n) is 6.17. The van der Waals surface area contributed by atoms with E-state index in [1.165, 1.54) is 4.90 Å². The molecule has 4 heteroatoms. The summed E-state index contributed by atoms with van der Waals surface area (Å²) in [5, 5.41) is 13.4. The Hall–Kier alpha value is -1.05. The molecule has 0 aromatic rings. The van der Waals surface area contributed by atoms with E-state index >= 15 is 0 Å². The first-order chi connectivity index (χ1) is 7.83. The number of hydrazone groups is 1. The van der Waals surface area contributed by atoms with Crippen LogP contribution in [0.15, 0.2) is 5.10 Å². The Labute approximate surface area is 104 Å². The van der Waals surface area contributed by atoms with Gasteiger partial charge in [0, 0.05) is 12.3 Å². The fraction of sp³-hybridized carbons (Fsp3) is 0.769. The third-order valence-electron chi connectivity index (χ3n) is 3.23. The Morgan fingerprint density at radius 2 is 2.18 bits per heavy atom. The van der Waals surface area contributed by atoms with Crippen molar-refractivity contribution < 1.29 is 10.0 Å². The Balaban J connectivity index is 2.58. The highest BCUT2D eigenvalue weighted by atomic mass is 16.3. The molecule has 0 saturated carbocycles. The molecule has 4 N–H and O–H groups in total. The molecule has 1 fully saturated rings. The predicted octanol–water partition coefficient (Wildman–Crippen LogP) is -0.611. The van der Waals surface area contributed by atoms with E-state index in [1.807, 2.05) is 0 Å². The molecule has 0 amide bonds. The lowest BCUT2D eigenvalue weighted by molar-refractivity contribution is -0.920. The molecular formula is C13H24N3O+. The van der Waals surface area contributed by atoms with Gasteiger partial charge >= 0.3 is 0 Å². The van der Waals surface area contributed by atoms with Gasteiger partial charge in [0.05, 0.1) is 18.3 Å². The summed E-state index contributed by atoms with van der Waals surface area (Å²) in [6, 6.07) is 0.490. The van der Waals surface area contributed by atoms with Crippen LogP contribution in [0, 0.1) is 17.8 Å². The van der Waals surface area contributed by atoms with Gasteiger partial charge in [-0.05, 0) is 26.7 Å². The summed E-state index contributed by atoms with van der Waals surface area (Å²) in [5.74, 6) is 11.7. The van der Waals surface area contributed by atoms with Gasteiger partial charge in [0.15, 0.2) is 0 Å².